The van der Waals surface area contributed by atoms with Crippen molar-refractivity contribution in [3.63, 3.8) is 0 Å². The quantitative estimate of drug-likeness (QED) is 0.674. The third-order valence-electron chi connectivity index (χ3n) is 4.97. The van der Waals surface area contributed by atoms with E-state index in [0.29, 0.717) is 5.52 Å². The van der Waals surface area contributed by atoms with E-state index in [1.807, 2.05) is 55.5 Å². The van der Waals surface area contributed by atoms with Gasteiger partial charge in [-0.05, 0) is 31.2 Å². The van der Waals surface area contributed by atoms with Crippen LogP contribution in [0.15, 0.2) is 60.7 Å². The SMILES string of the molecule is Cc1ccc(N2CC(C(=O)NNC(=O)c3ccc4ccccc4n3)CC2=O)cc1. The van der Waals surface area contributed by atoms with E-state index in [1.165, 1.54) is 0 Å². The van der Waals surface area contributed by atoms with Crippen LogP contribution in [0.3, 0.4) is 0 Å². The summed E-state index contributed by atoms with van der Waals surface area (Å²) in [4.78, 5) is 43.0. The fourth-order valence-electron chi connectivity index (χ4n) is 3.33. The molecule has 2 aromatic carbocycles. The monoisotopic (exact) mass is 388 g/mol. The van der Waals surface area contributed by atoms with E-state index in [0.717, 1.165) is 16.6 Å². The van der Waals surface area contributed by atoms with E-state index >= 15 is 0 Å². The van der Waals surface area contributed by atoms with Crippen molar-refractivity contribution >= 4 is 34.3 Å². The molecule has 3 amide bonds. The molecular weight excluding hydrogens is 368 g/mol. The van der Waals surface area contributed by atoms with E-state index in [1.54, 1.807) is 17.0 Å². The maximum atomic E-state index is 12.4. The van der Waals surface area contributed by atoms with E-state index in [-0.39, 0.29) is 24.6 Å². The van der Waals surface area contributed by atoms with Crippen molar-refractivity contribution < 1.29 is 14.4 Å². The van der Waals surface area contributed by atoms with Crippen LogP contribution in [0.4, 0.5) is 5.69 Å². The first-order valence-corrected chi connectivity index (χ1v) is 9.34. The molecule has 0 spiro atoms. The van der Waals surface area contributed by atoms with Gasteiger partial charge in [-0.1, -0.05) is 42.0 Å². The van der Waals surface area contributed by atoms with Crippen molar-refractivity contribution in [3.8, 4) is 0 Å². The lowest BCUT2D eigenvalue weighted by atomic mass is 10.1. The Hall–Kier alpha value is -3.74. The Balaban J connectivity index is 1.37. The number of hydrogen-bond acceptors (Lipinski definition) is 4. The highest BCUT2D eigenvalue weighted by molar-refractivity contribution is 6.01. The van der Waals surface area contributed by atoms with Crippen LogP contribution < -0.4 is 15.8 Å². The summed E-state index contributed by atoms with van der Waals surface area (Å²) in [6.07, 6.45) is 0.101. The van der Waals surface area contributed by atoms with Crippen molar-refractivity contribution in [2.45, 2.75) is 13.3 Å². The maximum absolute atomic E-state index is 12.4. The number of hydrogen-bond donors (Lipinski definition) is 2. The molecule has 7 heteroatoms. The molecule has 1 unspecified atom stereocenters. The van der Waals surface area contributed by atoms with Crippen LogP contribution in [0.1, 0.15) is 22.5 Å². The summed E-state index contributed by atoms with van der Waals surface area (Å²) >= 11 is 0. The number of aryl methyl sites for hydroxylation is 1. The number of carbonyl (C=O) groups excluding carboxylic acids is 3. The van der Waals surface area contributed by atoms with Gasteiger partial charge in [0.1, 0.15) is 5.69 Å². The first-order valence-electron chi connectivity index (χ1n) is 9.34. The first kappa shape index (κ1) is 18.6. The largest absolute Gasteiger partial charge is 0.312 e. The molecule has 1 aliphatic heterocycles. The van der Waals surface area contributed by atoms with Crippen LogP contribution in [-0.2, 0) is 9.59 Å². The van der Waals surface area contributed by atoms with Gasteiger partial charge in [0.25, 0.3) is 5.91 Å². The lowest BCUT2D eigenvalue weighted by molar-refractivity contribution is -0.126. The van der Waals surface area contributed by atoms with Gasteiger partial charge in [-0.15, -0.1) is 0 Å². The molecule has 0 saturated carbocycles. The fourth-order valence-corrected chi connectivity index (χ4v) is 3.33. The molecular formula is C22H20N4O3. The minimum Gasteiger partial charge on any atom is -0.312 e. The average Bonchev–Trinajstić information content (AvgIpc) is 3.13. The normalized spacial score (nSPS) is 16.1. The number of hydrazine groups is 1. The number of amides is 3. The van der Waals surface area contributed by atoms with Crippen LogP contribution in [-0.4, -0.2) is 29.3 Å². The molecule has 1 aromatic heterocycles. The molecule has 1 atom stereocenters. The molecule has 0 radical (unpaired) electrons. The lowest BCUT2D eigenvalue weighted by Crippen LogP contribution is -2.45. The molecule has 29 heavy (non-hydrogen) atoms. The number of nitrogens with one attached hydrogen (secondary N) is 2. The highest BCUT2D eigenvalue weighted by Crippen LogP contribution is 2.25. The second kappa shape index (κ2) is 7.71. The van der Waals surface area contributed by atoms with Gasteiger partial charge in [-0.2, -0.15) is 0 Å². The summed E-state index contributed by atoms with van der Waals surface area (Å²) < 4.78 is 0. The zero-order valence-corrected chi connectivity index (χ0v) is 15.9. The molecule has 0 aliphatic carbocycles. The molecule has 7 nitrogen and oxygen atoms in total. The molecule has 4 rings (SSSR count). The third kappa shape index (κ3) is 3.94. The van der Waals surface area contributed by atoms with Gasteiger partial charge < -0.3 is 4.90 Å². The van der Waals surface area contributed by atoms with Crippen molar-refractivity contribution in [1.29, 1.82) is 0 Å². The molecule has 1 fully saturated rings. The van der Waals surface area contributed by atoms with E-state index in [9.17, 15) is 14.4 Å². The molecule has 0 bridgehead atoms. The Kier molecular flexibility index (Phi) is 4.95. The van der Waals surface area contributed by atoms with Crippen LogP contribution in [0.2, 0.25) is 0 Å². The Labute approximate surface area is 167 Å². The van der Waals surface area contributed by atoms with Gasteiger partial charge in [-0.25, -0.2) is 4.98 Å². The maximum Gasteiger partial charge on any atom is 0.288 e. The van der Waals surface area contributed by atoms with Crippen molar-refractivity contribution in [2.24, 2.45) is 5.92 Å². The summed E-state index contributed by atoms with van der Waals surface area (Å²) in [5.74, 6) is -1.56. The van der Waals surface area contributed by atoms with Crippen LogP contribution in [0.5, 0.6) is 0 Å². The summed E-state index contributed by atoms with van der Waals surface area (Å²) in [6.45, 7) is 2.25. The molecule has 146 valence electrons. The number of carbonyl (C=O) groups is 3. The Morgan fingerprint density at radius 1 is 1.00 bits per heavy atom. The topological polar surface area (TPSA) is 91.4 Å². The lowest BCUT2D eigenvalue weighted by Gasteiger charge is -2.17. The number of pyridine rings is 1. The van der Waals surface area contributed by atoms with Gasteiger partial charge in [0.05, 0.1) is 11.4 Å². The van der Waals surface area contributed by atoms with E-state index in [2.05, 4.69) is 15.8 Å². The predicted molar refractivity (Wildman–Crippen MR) is 109 cm³/mol. The number of para-hydroxylation sites is 1. The van der Waals surface area contributed by atoms with Crippen LogP contribution >= 0.6 is 0 Å². The number of rotatable bonds is 3. The van der Waals surface area contributed by atoms with Gasteiger partial charge in [0, 0.05) is 24.0 Å². The first-order chi connectivity index (χ1) is 14.0. The van der Waals surface area contributed by atoms with E-state index in [4.69, 9.17) is 0 Å². The van der Waals surface area contributed by atoms with Gasteiger partial charge >= 0.3 is 0 Å². The van der Waals surface area contributed by atoms with Crippen LogP contribution in [0, 0.1) is 12.8 Å². The molecule has 1 aliphatic rings. The number of benzene rings is 2. The van der Waals surface area contributed by atoms with Gasteiger partial charge in [0.2, 0.25) is 11.8 Å². The zero-order valence-electron chi connectivity index (χ0n) is 15.9. The predicted octanol–water partition coefficient (Wildman–Crippen LogP) is 2.36. The standard InChI is InChI=1S/C22H20N4O3/c1-14-6-9-17(10-7-14)26-13-16(12-20(26)27)21(28)24-25-22(29)19-11-8-15-4-2-3-5-18(15)23-19/h2-11,16H,12-13H2,1H3,(H,24,28)(H,25,29). The average molecular weight is 388 g/mol. The molecule has 3 aromatic rings. The fraction of sp³-hybridized carbons (Fsp3) is 0.182. The minimum absolute atomic E-state index is 0.101. The molecule has 2 N–H and O–H groups in total. The second-order valence-corrected chi connectivity index (χ2v) is 7.07. The number of anilines is 1. The summed E-state index contributed by atoms with van der Waals surface area (Å²) in [6, 6.07) is 18.4. The second-order valence-electron chi connectivity index (χ2n) is 7.07. The number of nitrogens with zero attached hydrogens (tertiary/aromatic N) is 2. The van der Waals surface area contributed by atoms with Gasteiger partial charge in [-0.3, -0.25) is 25.2 Å². The smallest absolute Gasteiger partial charge is 0.288 e. The summed E-state index contributed by atoms with van der Waals surface area (Å²) in [5, 5.41) is 0.925. The summed E-state index contributed by atoms with van der Waals surface area (Å²) in [7, 11) is 0. The van der Waals surface area contributed by atoms with Crippen molar-refractivity contribution in [2.75, 3.05) is 11.4 Å². The molecule has 2 heterocycles. The Morgan fingerprint density at radius 2 is 1.76 bits per heavy atom. The Morgan fingerprint density at radius 3 is 2.55 bits per heavy atom. The number of aromatic nitrogens is 1. The molecule has 1 saturated heterocycles. The zero-order chi connectivity index (χ0) is 20.4. The van der Waals surface area contributed by atoms with Crippen molar-refractivity contribution in [1.82, 2.24) is 15.8 Å². The van der Waals surface area contributed by atoms with E-state index < -0.39 is 17.7 Å². The van der Waals surface area contributed by atoms with Crippen molar-refractivity contribution in [3.05, 3.63) is 71.9 Å². The minimum atomic E-state index is -0.534. The number of fused-ring (bicyclic) bond motifs is 1. The van der Waals surface area contributed by atoms with Gasteiger partial charge in [0.15, 0.2) is 0 Å². The Bertz CT molecular complexity index is 1090. The van der Waals surface area contributed by atoms with Crippen LogP contribution in [0.25, 0.3) is 10.9 Å². The highest BCUT2D eigenvalue weighted by Gasteiger charge is 2.35. The third-order valence-corrected chi connectivity index (χ3v) is 4.97. The summed E-state index contributed by atoms with van der Waals surface area (Å²) in [5.41, 5.74) is 7.56. The highest BCUT2D eigenvalue weighted by atomic mass is 16.2.